The lowest BCUT2D eigenvalue weighted by molar-refractivity contribution is -0.163. The highest BCUT2D eigenvalue weighted by Gasteiger charge is 2.60. The normalized spacial score (nSPS) is 36.3. The van der Waals surface area contributed by atoms with Crippen LogP contribution in [-0.4, -0.2) is 22.7 Å². The molecule has 6 nitrogen and oxygen atoms in total. The van der Waals surface area contributed by atoms with Crippen molar-refractivity contribution in [1.82, 2.24) is 10.3 Å². The van der Waals surface area contributed by atoms with Crippen molar-refractivity contribution in [2.75, 3.05) is 5.32 Å². The Hall–Kier alpha value is -2.24. The van der Waals surface area contributed by atoms with Gasteiger partial charge in [-0.3, -0.25) is 24.7 Å². The van der Waals surface area contributed by atoms with E-state index < -0.39 is 16.2 Å². The molecule has 2 heterocycles. The monoisotopic (exact) mass is 315 g/mol. The number of fused-ring (bicyclic) bond motifs is 2. The molecule has 1 aromatic heterocycles. The van der Waals surface area contributed by atoms with Crippen molar-refractivity contribution in [3.05, 3.63) is 24.5 Å². The van der Waals surface area contributed by atoms with Crippen LogP contribution >= 0.6 is 0 Å². The molecule has 0 spiro atoms. The topological polar surface area (TPSA) is 88.2 Å². The summed E-state index contributed by atoms with van der Waals surface area (Å²) in [6.45, 7) is 5.51. The minimum atomic E-state index is -0.779. The van der Waals surface area contributed by atoms with Crippen LogP contribution in [0.25, 0.3) is 0 Å². The van der Waals surface area contributed by atoms with Crippen molar-refractivity contribution < 1.29 is 14.4 Å². The molecule has 2 atom stereocenters. The van der Waals surface area contributed by atoms with Gasteiger partial charge in [0.15, 0.2) is 0 Å². The van der Waals surface area contributed by atoms with E-state index in [1.165, 1.54) is 0 Å². The number of hydrogen-bond donors (Lipinski definition) is 2. The van der Waals surface area contributed by atoms with E-state index in [2.05, 4.69) is 15.6 Å². The fourth-order valence-corrected chi connectivity index (χ4v) is 4.37. The Morgan fingerprint density at radius 1 is 1.04 bits per heavy atom. The standard InChI is InChI=1S/C17H21N3O3/c1-15(12(21)19-11-4-6-18-7-5-11)8-16(2)10-17(3,9-15)14(23)20-13(16)22/h4-7H,8-10H2,1-3H3,(H,18,19,21)(H,20,22,23). The summed E-state index contributed by atoms with van der Waals surface area (Å²) in [5.41, 5.74) is -1.53. The van der Waals surface area contributed by atoms with Crippen molar-refractivity contribution in [1.29, 1.82) is 0 Å². The van der Waals surface area contributed by atoms with Gasteiger partial charge in [0.25, 0.3) is 0 Å². The van der Waals surface area contributed by atoms with E-state index in [1.807, 2.05) is 20.8 Å². The lowest BCUT2D eigenvalue weighted by atomic mass is 9.52. The fourth-order valence-electron chi connectivity index (χ4n) is 4.37. The first-order valence-electron chi connectivity index (χ1n) is 7.74. The summed E-state index contributed by atoms with van der Waals surface area (Å²) in [5, 5.41) is 5.35. The first-order chi connectivity index (χ1) is 10.7. The van der Waals surface area contributed by atoms with Gasteiger partial charge in [0.05, 0.1) is 0 Å². The summed E-state index contributed by atoms with van der Waals surface area (Å²) in [7, 11) is 0. The second-order valence-electron chi connectivity index (χ2n) is 7.69. The van der Waals surface area contributed by atoms with E-state index in [0.717, 1.165) is 0 Å². The second kappa shape index (κ2) is 4.88. The first-order valence-corrected chi connectivity index (χ1v) is 7.74. The lowest BCUT2D eigenvalue weighted by Crippen LogP contribution is -2.63. The number of aromatic nitrogens is 1. The molecule has 122 valence electrons. The minimum Gasteiger partial charge on any atom is -0.326 e. The van der Waals surface area contributed by atoms with Gasteiger partial charge < -0.3 is 5.32 Å². The van der Waals surface area contributed by atoms with Crippen molar-refractivity contribution in [3.63, 3.8) is 0 Å². The van der Waals surface area contributed by atoms with Gasteiger partial charge in [-0.15, -0.1) is 0 Å². The summed E-state index contributed by atoms with van der Waals surface area (Å²) in [4.78, 5) is 41.3. The van der Waals surface area contributed by atoms with Crippen LogP contribution in [0, 0.1) is 16.2 Å². The molecule has 6 heteroatoms. The van der Waals surface area contributed by atoms with E-state index in [4.69, 9.17) is 0 Å². The molecule has 0 radical (unpaired) electrons. The number of imide groups is 1. The third-order valence-corrected chi connectivity index (χ3v) is 5.15. The molecule has 23 heavy (non-hydrogen) atoms. The Bertz CT molecular complexity index is 660. The number of amides is 3. The zero-order chi connectivity index (χ0) is 16.9. The Morgan fingerprint density at radius 2 is 1.57 bits per heavy atom. The number of nitrogens with zero attached hydrogens (tertiary/aromatic N) is 1. The molecule has 2 fully saturated rings. The number of rotatable bonds is 2. The summed E-state index contributed by atoms with van der Waals surface area (Å²) in [6, 6.07) is 3.43. The Labute approximate surface area is 135 Å². The molecule has 2 aliphatic rings. The molecule has 1 aliphatic heterocycles. The van der Waals surface area contributed by atoms with Crippen molar-refractivity contribution in [2.45, 2.75) is 40.0 Å². The molecular weight excluding hydrogens is 294 g/mol. The first kappa shape index (κ1) is 15.6. The predicted molar refractivity (Wildman–Crippen MR) is 84.2 cm³/mol. The molecule has 1 saturated carbocycles. The number of pyridine rings is 1. The molecular formula is C17H21N3O3. The highest BCUT2D eigenvalue weighted by molar-refractivity contribution is 6.05. The van der Waals surface area contributed by atoms with Crippen LogP contribution in [0.1, 0.15) is 40.0 Å². The van der Waals surface area contributed by atoms with Crippen molar-refractivity contribution >= 4 is 23.4 Å². The molecule has 1 aromatic rings. The Morgan fingerprint density at radius 3 is 2.09 bits per heavy atom. The van der Waals surface area contributed by atoms with Gasteiger partial charge in [-0.1, -0.05) is 20.8 Å². The average molecular weight is 315 g/mol. The van der Waals surface area contributed by atoms with Crippen LogP contribution in [0.5, 0.6) is 0 Å². The number of anilines is 1. The molecule has 2 unspecified atom stereocenters. The third-order valence-electron chi connectivity index (χ3n) is 5.15. The maximum Gasteiger partial charge on any atom is 0.232 e. The molecule has 3 rings (SSSR count). The lowest BCUT2D eigenvalue weighted by Gasteiger charge is -2.53. The van der Waals surface area contributed by atoms with Crippen molar-refractivity contribution in [2.24, 2.45) is 16.2 Å². The van der Waals surface area contributed by atoms with Gasteiger partial charge in [-0.25, -0.2) is 0 Å². The third kappa shape index (κ3) is 2.52. The maximum atomic E-state index is 12.8. The number of carbonyl (C=O) groups is 3. The number of hydrogen-bond acceptors (Lipinski definition) is 4. The number of nitrogens with one attached hydrogen (secondary N) is 2. The quantitative estimate of drug-likeness (QED) is 0.816. The molecule has 0 aromatic carbocycles. The smallest absolute Gasteiger partial charge is 0.232 e. The largest absolute Gasteiger partial charge is 0.326 e. The van der Waals surface area contributed by atoms with Gasteiger partial charge in [0, 0.05) is 34.3 Å². The number of carbonyl (C=O) groups excluding carboxylic acids is 3. The van der Waals surface area contributed by atoms with E-state index in [1.54, 1.807) is 24.5 Å². The summed E-state index contributed by atoms with van der Waals surface area (Å²) >= 11 is 0. The van der Waals surface area contributed by atoms with Gasteiger partial charge in [0.2, 0.25) is 17.7 Å². The summed E-state index contributed by atoms with van der Waals surface area (Å²) < 4.78 is 0. The van der Waals surface area contributed by atoms with Crippen LogP contribution in [0.4, 0.5) is 5.69 Å². The highest BCUT2D eigenvalue weighted by Crippen LogP contribution is 2.56. The van der Waals surface area contributed by atoms with Gasteiger partial charge in [0.1, 0.15) is 0 Å². The zero-order valence-electron chi connectivity index (χ0n) is 13.6. The van der Waals surface area contributed by atoms with Crippen LogP contribution in [0.2, 0.25) is 0 Å². The van der Waals surface area contributed by atoms with Crippen LogP contribution in [-0.2, 0) is 14.4 Å². The fraction of sp³-hybridized carbons (Fsp3) is 0.529. The number of piperidine rings is 1. The molecule has 3 amide bonds. The average Bonchev–Trinajstić information content (AvgIpc) is 2.45. The van der Waals surface area contributed by atoms with E-state index in [9.17, 15) is 14.4 Å². The zero-order valence-corrected chi connectivity index (χ0v) is 13.6. The van der Waals surface area contributed by atoms with Crippen LogP contribution in [0.15, 0.2) is 24.5 Å². The van der Waals surface area contributed by atoms with Gasteiger partial charge in [-0.2, -0.15) is 0 Å². The van der Waals surface area contributed by atoms with Crippen LogP contribution in [0.3, 0.4) is 0 Å². The molecule has 1 aliphatic carbocycles. The van der Waals surface area contributed by atoms with Gasteiger partial charge in [-0.05, 0) is 31.4 Å². The minimum absolute atomic E-state index is 0.164. The summed E-state index contributed by atoms with van der Waals surface area (Å²) in [6.07, 6.45) is 4.54. The molecule has 2 bridgehead atoms. The second-order valence-corrected chi connectivity index (χ2v) is 7.69. The Balaban J connectivity index is 1.91. The van der Waals surface area contributed by atoms with E-state index in [0.29, 0.717) is 24.9 Å². The molecule has 2 N–H and O–H groups in total. The Kier molecular flexibility index (Phi) is 3.32. The predicted octanol–water partition coefficient (Wildman–Crippen LogP) is 1.88. The SMILES string of the molecule is CC12CC(C)(CC(C)(C(=O)Nc3ccncc3)C1)C(=O)NC2=O. The molecule has 1 saturated heterocycles. The van der Waals surface area contributed by atoms with Gasteiger partial charge >= 0.3 is 0 Å². The van der Waals surface area contributed by atoms with Crippen LogP contribution < -0.4 is 10.6 Å². The van der Waals surface area contributed by atoms with E-state index >= 15 is 0 Å². The highest BCUT2D eigenvalue weighted by atomic mass is 16.2. The van der Waals surface area contributed by atoms with E-state index in [-0.39, 0.29) is 17.7 Å². The van der Waals surface area contributed by atoms with Crippen molar-refractivity contribution in [3.8, 4) is 0 Å². The summed E-state index contributed by atoms with van der Waals surface area (Å²) in [5.74, 6) is -0.714. The maximum absolute atomic E-state index is 12.8.